The number of carbonyl (C=O) groups excluding carboxylic acids is 3. The van der Waals surface area contributed by atoms with E-state index in [0.717, 1.165) is 4.90 Å². The van der Waals surface area contributed by atoms with E-state index < -0.39 is 92.9 Å². The fourth-order valence-electron chi connectivity index (χ4n) is 9.05. The molecular formula is C46H57F3N6O10S. The Kier molecular flexibility index (Phi) is 13.3. The fourth-order valence-corrected chi connectivity index (χ4v) is 10.4. The molecule has 3 N–H and O–H groups in total. The molecule has 3 fully saturated rings. The number of carboxylic acid groups (broad SMARTS) is 1. The molecule has 7 atom stereocenters. The van der Waals surface area contributed by atoms with Crippen molar-refractivity contribution in [2.75, 3.05) is 13.7 Å². The first-order valence-corrected chi connectivity index (χ1v) is 23.7. The number of amides is 4. The molecule has 20 heteroatoms. The third-order valence-corrected chi connectivity index (χ3v) is 14.8. The van der Waals surface area contributed by atoms with E-state index in [9.17, 15) is 41.1 Å². The van der Waals surface area contributed by atoms with Crippen molar-refractivity contribution in [3.8, 4) is 28.8 Å². The topological polar surface area (TPSA) is 207 Å². The lowest BCUT2D eigenvalue weighted by atomic mass is 9.85. The normalized spacial score (nSPS) is 26.9. The number of benzene rings is 1. The second kappa shape index (κ2) is 18.2. The molecule has 4 heterocycles. The molecule has 0 bridgehead atoms. The third kappa shape index (κ3) is 9.88. The highest BCUT2D eigenvalue weighted by Crippen LogP contribution is 2.47. The SMILES string of the molecule is COc1ccc2c(O[C@@H]3C[C@H]4C(=O)N[C@]5(C(=O)NS(=O)(=O)C6CC6)C[C@H]5/C=C\CC[C@@H](C)C[C@@H](C)[C@H](N(C(=O)O)C(C)(C)C(F)(F)F)C(=O)N4C3)nc(-c3ccc(OC(C)C)nc3)cc2c1. The van der Waals surface area contributed by atoms with Gasteiger partial charge in [0.05, 0.1) is 30.7 Å². The molecule has 1 saturated heterocycles. The number of hydrogen-bond donors (Lipinski definition) is 3. The van der Waals surface area contributed by atoms with Gasteiger partial charge in [-0.15, -0.1) is 0 Å². The number of nitrogens with one attached hydrogen (secondary N) is 2. The van der Waals surface area contributed by atoms with Crippen LogP contribution in [0.4, 0.5) is 18.0 Å². The molecule has 4 aliphatic rings. The monoisotopic (exact) mass is 942 g/mol. The van der Waals surface area contributed by atoms with E-state index in [4.69, 9.17) is 19.2 Å². The zero-order valence-corrected chi connectivity index (χ0v) is 38.7. The van der Waals surface area contributed by atoms with Crippen LogP contribution in [0.3, 0.4) is 0 Å². The number of pyridine rings is 2. The zero-order chi connectivity index (χ0) is 48.1. The van der Waals surface area contributed by atoms with Crippen molar-refractivity contribution in [1.82, 2.24) is 29.8 Å². The van der Waals surface area contributed by atoms with Crippen LogP contribution in [0.15, 0.2) is 54.7 Å². The predicted octanol–water partition coefficient (Wildman–Crippen LogP) is 6.63. The van der Waals surface area contributed by atoms with Crippen LogP contribution in [0.5, 0.6) is 17.5 Å². The molecule has 0 spiro atoms. The average molecular weight is 943 g/mol. The number of nitrogens with zero attached hydrogens (tertiary/aromatic N) is 4. The van der Waals surface area contributed by atoms with E-state index in [1.807, 2.05) is 20.8 Å². The largest absolute Gasteiger partial charge is 0.497 e. The Labute approximate surface area is 381 Å². The quantitative estimate of drug-likeness (QED) is 0.173. The van der Waals surface area contributed by atoms with Gasteiger partial charge >= 0.3 is 12.3 Å². The number of rotatable bonds is 11. The first-order valence-electron chi connectivity index (χ1n) is 22.2. The number of halogens is 3. The number of allylic oxidation sites excluding steroid dienone is 1. The smallest absolute Gasteiger partial charge is 0.411 e. The molecule has 4 amide bonds. The van der Waals surface area contributed by atoms with Gasteiger partial charge in [-0.05, 0) is 114 Å². The molecule has 2 aliphatic heterocycles. The third-order valence-electron chi connectivity index (χ3n) is 13.0. The lowest BCUT2D eigenvalue weighted by molar-refractivity contribution is -0.222. The van der Waals surface area contributed by atoms with Gasteiger partial charge in [-0.1, -0.05) is 26.0 Å². The lowest BCUT2D eigenvalue weighted by Crippen LogP contribution is -2.66. The molecular weight excluding hydrogens is 886 g/mol. The van der Waals surface area contributed by atoms with Crippen LogP contribution in [0.25, 0.3) is 22.0 Å². The standard InChI is InChI=1S/C46H57F3N6O10S/c1-25(2)64-37-17-12-28(23-50-37)35-20-29-19-31(63-7)13-16-34(29)40(51-35)65-32-21-36-39(56)52-45(42(58)53-66(61,62)33-14-15-33)22-30(45)11-9-8-10-26(3)18-27(4)38(41(57)54(36)24-32)55(43(59)60)44(5,6)46(47,48)49/h9,11-13,16-17,19-20,23,25-27,30,32-33,36,38H,8,10,14-15,18,21-22,24H2,1-7H3,(H,52,56)(H,53,58)(H,59,60)/b11-9-/t26-,27-,30-,32-,36+,38+,45-/m1/s1. The lowest BCUT2D eigenvalue weighted by Gasteiger charge is -2.45. The second-order valence-corrected chi connectivity index (χ2v) is 20.8. The molecule has 2 aromatic heterocycles. The van der Waals surface area contributed by atoms with Gasteiger partial charge in [0, 0.05) is 35.6 Å². The Balaban J connectivity index is 1.31. The molecule has 1 aromatic carbocycles. The Morgan fingerprint density at radius 3 is 2.41 bits per heavy atom. The number of ether oxygens (including phenoxy) is 3. The molecule has 0 unspecified atom stereocenters. The van der Waals surface area contributed by atoms with Gasteiger partial charge in [-0.25, -0.2) is 23.2 Å². The summed E-state index contributed by atoms with van der Waals surface area (Å²) >= 11 is 0. The summed E-state index contributed by atoms with van der Waals surface area (Å²) < 4.78 is 90.6. The zero-order valence-electron chi connectivity index (χ0n) is 37.9. The number of methoxy groups -OCH3 is 1. The summed E-state index contributed by atoms with van der Waals surface area (Å²) in [6.45, 7) is 8.09. The highest BCUT2D eigenvalue weighted by molar-refractivity contribution is 7.91. The Morgan fingerprint density at radius 2 is 1.79 bits per heavy atom. The Morgan fingerprint density at radius 1 is 1.06 bits per heavy atom. The maximum absolute atomic E-state index is 15.2. The van der Waals surface area contributed by atoms with Crippen LogP contribution < -0.4 is 24.2 Å². The number of aromatic nitrogens is 2. The second-order valence-electron chi connectivity index (χ2n) is 18.9. The van der Waals surface area contributed by atoms with Crippen LogP contribution in [-0.2, 0) is 24.4 Å². The van der Waals surface area contributed by atoms with Gasteiger partial charge in [0.2, 0.25) is 33.6 Å². The number of fused-ring (bicyclic) bond motifs is 3. The maximum atomic E-state index is 15.2. The maximum Gasteiger partial charge on any atom is 0.411 e. The summed E-state index contributed by atoms with van der Waals surface area (Å²) in [5.74, 6) is -3.74. The van der Waals surface area contributed by atoms with E-state index in [1.165, 1.54) is 14.0 Å². The molecule has 7 rings (SSSR count). The van der Waals surface area contributed by atoms with E-state index >= 15 is 4.79 Å². The minimum atomic E-state index is -5.12. The van der Waals surface area contributed by atoms with Crippen molar-refractivity contribution in [3.63, 3.8) is 0 Å². The van der Waals surface area contributed by atoms with Crippen molar-refractivity contribution in [1.29, 1.82) is 0 Å². The molecule has 2 saturated carbocycles. The van der Waals surface area contributed by atoms with Crippen LogP contribution in [0, 0.1) is 17.8 Å². The summed E-state index contributed by atoms with van der Waals surface area (Å²) in [6.07, 6.45) is -1.57. The Hall–Kier alpha value is -5.66. The minimum Gasteiger partial charge on any atom is -0.497 e. The van der Waals surface area contributed by atoms with Crippen molar-refractivity contribution >= 4 is 44.6 Å². The molecule has 66 heavy (non-hydrogen) atoms. The van der Waals surface area contributed by atoms with Crippen molar-refractivity contribution in [2.45, 2.75) is 133 Å². The molecule has 2 aliphatic carbocycles. The molecule has 358 valence electrons. The first kappa shape index (κ1) is 48.3. The van der Waals surface area contributed by atoms with Gasteiger partial charge in [0.15, 0.2) is 0 Å². The summed E-state index contributed by atoms with van der Waals surface area (Å²) in [5.41, 5.74) is -3.79. The predicted molar refractivity (Wildman–Crippen MR) is 236 cm³/mol. The van der Waals surface area contributed by atoms with Gasteiger partial charge in [0.1, 0.15) is 35.0 Å². The first-order chi connectivity index (χ1) is 30.9. The van der Waals surface area contributed by atoms with E-state index in [-0.39, 0.29) is 42.1 Å². The number of carbonyl (C=O) groups is 4. The van der Waals surface area contributed by atoms with Gasteiger partial charge in [-0.3, -0.25) is 24.0 Å². The van der Waals surface area contributed by atoms with E-state index in [2.05, 4.69) is 15.0 Å². The van der Waals surface area contributed by atoms with Crippen LogP contribution in [-0.4, -0.2) is 118 Å². The van der Waals surface area contributed by atoms with E-state index in [0.29, 0.717) is 73.2 Å². The summed E-state index contributed by atoms with van der Waals surface area (Å²) in [6, 6.07) is 6.96. The van der Waals surface area contributed by atoms with Gasteiger partial charge in [-0.2, -0.15) is 13.2 Å². The minimum absolute atomic E-state index is 0.0369. The summed E-state index contributed by atoms with van der Waals surface area (Å²) in [5, 5.41) is 13.7. The van der Waals surface area contributed by atoms with Crippen LogP contribution in [0.1, 0.15) is 86.5 Å². The van der Waals surface area contributed by atoms with Crippen molar-refractivity contribution < 1.29 is 60.1 Å². The van der Waals surface area contributed by atoms with Gasteiger partial charge < -0.3 is 29.5 Å². The Bertz CT molecular complexity index is 2500. The highest BCUT2D eigenvalue weighted by Gasteiger charge is 2.63. The number of sulfonamides is 1. The molecule has 16 nitrogen and oxygen atoms in total. The fraction of sp³-hybridized carbons (Fsp3) is 0.565. The summed E-state index contributed by atoms with van der Waals surface area (Å²) in [7, 11) is -2.55. The molecule has 3 aromatic rings. The summed E-state index contributed by atoms with van der Waals surface area (Å²) in [4.78, 5) is 67.5. The molecule has 0 radical (unpaired) electrons. The van der Waals surface area contributed by atoms with Crippen molar-refractivity contribution in [3.05, 3.63) is 54.7 Å². The average Bonchev–Trinajstić information content (AvgIpc) is 4.17. The number of alkyl halides is 3. The highest BCUT2D eigenvalue weighted by atomic mass is 32.2. The van der Waals surface area contributed by atoms with Gasteiger partial charge in [0.25, 0.3) is 5.91 Å². The van der Waals surface area contributed by atoms with Crippen LogP contribution >= 0.6 is 0 Å². The van der Waals surface area contributed by atoms with Crippen LogP contribution in [0.2, 0.25) is 0 Å². The number of hydrogen-bond acceptors (Lipinski definition) is 11. The van der Waals surface area contributed by atoms with Crippen molar-refractivity contribution in [2.24, 2.45) is 17.8 Å². The van der Waals surface area contributed by atoms with E-state index in [1.54, 1.807) is 54.7 Å².